The third kappa shape index (κ3) is 4.05. The summed E-state index contributed by atoms with van der Waals surface area (Å²) in [5, 5.41) is 5.01. The molecule has 0 saturated heterocycles. The number of hydrogen-bond acceptors (Lipinski definition) is 4. The van der Waals surface area contributed by atoms with Crippen LogP contribution in [0.1, 0.15) is 52.3 Å². The van der Waals surface area contributed by atoms with E-state index in [2.05, 4.69) is 10.3 Å². The quantitative estimate of drug-likeness (QED) is 0.826. The van der Waals surface area contributed by atoms with E-state index in [4.69, 9.17) is 0 Å². The fourth-order valence-electron chi connectivity index (χ4n) is 2.66. The summed E-state index contributed by atoms with van der Waals surface area (Å²) in [6, 6.07) is 5.81. The first-order chi connectivity index (χ1) is 11.0. The normalized spacial score (nSPS) is 15.2. The smallest absolute Gasteiger partial charge is 0.224 e. The highest BCUT2D eigenvalue weighted by Gasteiger charge is 2.34. The van der Waals surface area contributed by atoms with Gasteiger partial charge in [-0.1, -0.05) is 0 Å². The molecule has 1 amide bonds. The summed E-state index contributed by atoms with van der Waals surface area (Å²) < 4.78 is 0. The Balaban J connectivity index is 1.68. The van der Waals surface area contributed by atoms with Crippen molar-refractivity contribution in [2.75, 3.05) is 0 Å². The van der Waals surface area contributed by atoms with Gasteiger partial charge in [0, 0.05) is 6.20 Å². The van der Waals surface area contributed by atoms with Gasteiger partial charge in [0.1, 0.15) is 0 Å². The van der Waals surface area contributed by atoms with Gasteiger partial charge in [0.05, 0.1) is 23.0 Å². The standard InChI is InChI=1S/C18H20N2O2S/c1-11-5-6-19-15(7-11)18(14-3-4-14)20-17(22)9-13-8-16(12(2)21)23-10-13/h5-8,10,14,18H,3-4,9H2,1-2H3,(H,20,22). The molecule has 1 saturated carbocycles. The lowest BCUT2D eigenvalue weighted by Gasteiger charge is -2.18. The van der Waals surface area contributed by atoms with Gasteiger partial charge in [-0.2, -0.15) is 0 Å². The van der Waals surface area contributed by atoms with Gasteiger partial charge in [0.2, 0.25) is 5.91 Å². The van der Waals surface area contributed by atoms with Gasteiger partial charge in [0.15, 0.2) is 5.78 Å². The number of nitrogens with one attached hydrogen (secondary N) is 1. The van der Waals surface area contributed by atoms with Gasteiger partial charge in [-0.05, 0) is 67.3 Å². The first-order valence-corrected chi connectivity index (χ1v) is 8.71. The molecule has 1 atom stereocenters. The van der Waals surface area contributed by atoms with Crippen LogP contribution in [0, 0.1) is 12.8 Å². The first kappa shape index (κ1) is 15.9. The number of aromatic nitrogens is 1. The number of carbonyl (C=O) groups excluding carboxylic acids is 2. The largest absolute Gasteiger partial charge is 0.347 e. The minimum absolute atomic E-state index is 0.00619. The number of pyridine rings is 1. The molecule has 1 unspecified atom stereocenters. The third-order valence-electron chi connectivity index (χ3n) is 4.03. The second kappa shape index (κ2) is 6.62. The van der Waals surface area contributed by atoms with Crippen LogP contribution in [0.15, 0.2) is 29.8 Å². The number of carbonyl (C=O) groups is 2. The van der Waals surface area contributed by atoms with E-state index in [9.17, 15) is 9.59 Å². The molecule has 1 fully saturated rings. The summed E-state index contributed by atoms with van der Waals surface area (Å²) >= 11 is 1.39. The number of Topliss-reactive ketones (excluding diaryl/α,β-unsaturated/α-hetero) is 1. The predicted octanol–water partition coefficient (Wildman–Crippen LogP) is 3.46. The van der Waals surface area contributed by atoms with Crippen LogP contribution < -0.4 is 5.32 Å². The topological polar surface area (TPSA) is 59.1 Å². The fourth-order valence-corrected chi connectivity index (χ4v) is 3.47. The maximum absolute atomic E-state index is 12.4. The van der Waals surface area contributed by atoms with Crippen LogP contribution >= 0.6 is 11.3 Å². The maximum atomic E-state index is 12.4. The van der Waals surface area contributed by atoms with E-state index in [1.807, 2.05) is 30.5 Å². The summed E-state index contributed by atoms with van der Waals surface area (Å²) in [6.45, 7) is 3.58. The van der Waals surface area contributed by atoms with Crippen LogP contribution in [-0.4, -0.2) is 16.7 Å². The van der Waals surface area contributed by atoms with Crippen molar-refractivity contribution < 1.29 is 9.59 Å². The molecule has 2 heterocycles. The molecule has 0 aromatic carbocycles. The molecule has 0 radical (unpaired) electrons. The molecule has 0 spiro atoms. The third-order valence-corrected chi connectivity index (χ3v) is 5.11. The highest BCUT2D eigenvalue weighted by atomic mass is 32.1. The number of rotatable bonds is 6. The van der Waals surface area contributed by atoms with Gasteiger partial charge in [-0.15, -0.1) is 11.3 Å². The molecule has 0 bridgehead atoms. The van der Waals surface area contributed by atoms with Crippen LogP contribution in [0.3, 0.4) is 0 Å². The zero-order valence-corrected chi connectivity index (χ0v) is 14.2. The molecule has 3 rings (SSSR count). The molecule has 2 aromatic rings. The average molecular weight is 328 g/mol. The molecular formula is C18H20N2O2S. The monoisotopic (exact) mass is 328 g/mol. The van der Waals surface area contributed by atoms with Gasteiger partial charge < -0.3 is 5.32 Å². The Labute approximate surface area is 140 Å². The van der Waals surface area contributed by atoms with E-state index >= 15 is 0 Å². The Bertz CT molecular complexity index is 734. The Morgan fingerprint density at radius 1 is 1.39 bits per heavy atom. The van der Waals surface area contributed by atoms with Crippen molar-refractivity contribution >= 4 is 23.0 Å². The van der Waals surface area contributed by atoms with Crippen molar-refractivity contribution in [2.24, 2.45) is 5.92 Å². The Morgan fingerprint density at radius 2 is 2.17 bits per heavy atom. The molecule has 1 aliphatic rings. The van der Waals surface area contributed by atoms with E-state index in [-0.39, 0.29) is 17.7 Å². The number of aryl methyl sites for hydroxylation is 1. The highest BCUT2D eigenvalue weighted by molar-refractivity contribution is 7.12. The van der Waals surface area contributed by atoms with Gasteiger partial charge in [-0.25, -0.2) is 0 Å². The summed E-state index contributed by atoms with van der Waals surface area (Å²) in [5.41, 5.74) is 2.99. The zero-order chi connectivity index (χ0) is 16.4. The summed E-state index contributed by atoms with van der Waals surface area (Å²) in [5.74, 6) is 0.517. The second-order valence-electron chi connectivity index (χ2n) is 6.19. The molecule has 1 aliphatic carbocycles. The van der Waals surface area contributed by atoms with E-state index < -0.39 is 0 Å². The number of nitrogens with zero attached hydrogens (tertiary/aromatic N) is 1. The van der Waals surface area contributed by atoms with Gasteiger partial charge >= 0.3 is 0 Å². The summed E-state index contributed by atoms with van der Waals surface area (Å²) in [7, 11) is 0. The lowest BCUT2D eigenvalue weighted by Crippen LogP contribution is -2.31. The summed E-state index contributed by atoms with van der Waals surface area (Å²) in [4.78, 5) is 28.8. The van der Waals surface area contributed by atoms with Crippen molar-refractivity contribution in [3.05, 3.63) is 51.5 Å². The zero-order valence-electron chi connectivity index (χ0n) is 13.3. The Kier molecular flexibility index (Phi) is 4.57. The molecule has 2 aromatic heterocycles. The second-order valence-corrected chi connectivity index (χ2v) is 7.10. The summed E-state index contributed by atoms with van der Waals surface area (Å²) in [6.07, 6.45) is 4.37. The minimum Gasteiger partial charge on any atom is -0.347 e. The molecular weight excluding hydrogens is 308 g/mol. The van der Waals surface area contributed by atoms with Crippen LogP contribution in [0.5, 0.6) is 0 Å². The van der Waals surface area contributed by atoms with Gasteiger partial charge in [0.25, 0.3) is 0 Å². The number of amides is 1. The van der Waals surface area contributed by atoms with E-state index in [0.717, 1.165) is 29.7 Å². The lowest BCUT2D eigenvalue weighted by molar-refractivity contribution is -0.121. The fraction of sp³-hybridized carbons (Fsp3) is 0.389. The molecule has 5 heteroatoms. The van der Waals surface area contributed by atoms with Gasteiger partial charge in [-0.3, -0.25) is 14.6 Å². The number of thiophene rings is 1. The number of ketones is 1. The van der Waals surface area contributed by atoms with Crippen molar-refractivity contribution in [2.45, 2.75) is 39.2 Å². The highest BCUT2D eigenvalue weighted by Crippen LogP contribution is 2.40. The molecule has 1 N–H and O–H groups in total. The van der Waals surface area contributed by atoms with Crippen LogP contribution in [0.2, 0.25) is 0 Å². The van der Waals surface area contributed by atoms with Crippen molar-refractivity contribution in [1.29, 1.82) is 0 Å². The van der Waals surface area contributed by atoms with Crippen molar-refractivity contribution in [3.8, 4) is 0 Å². The van der Waals surface area contributed by atoms with E-state index in [0.29, 0.717) is 17.2 Å². The molecule has 23 heavy (non-hydrogen) atoms. The average Bonchev–Trinajstić information content (AvgIpc) is 3.23. The van der Waals surface area contributed by atoms with Crippen LogP contribution in [0.25, 0.3) is 0 Å². The van der Waals surface area contributed by atoms with Crippen LogP contribution in [0.4, 0.5) is 0 Å². The maximum Gasteiger partial charge on any atom is 0.224 e. The molecule has 4 nitrogen and oxygen atoms in total. The number of hydrogen-bond donors (Lipinski definition) is 1. The van der Waals surface area contributed by atoms with Crippen molar-refractivity contribution in [1.82, 2.24) is 10.3 Å². The SMILES string of the molecule is CC(=O)c1cc(CC(=O)NC(c2cc(C)ccn2)C2CC2)cs1. The Morgan fingerprint density at radius 3 is 2.78 bits per heavy atom. The lowest BCUT2D eigenvalue weighted by atomic mass is 10.1. The Hall–Kier alpha value is -2.01. The minimum atomic E-state index is -0.0156. The van der Waals surface area contributed by atoms with E-state index in [1.165, 1.54) is 11.3 Å². The first-order valence-electron chi connectivity index (χ1n) is 7.83. The predicted molar refractivity (Wildman–Crippen MR) is 90.6 cm³/mol. The van der Waals surface area contributed by atoms with Crippen LogP contribution in [-0.2, 0) is 11.2 Å². The molecule has 120 valence electrons. The van der Waals surface area contributed by atoms with Crippen molar-refractivity contribution in [3.63, 3.8) is 0 Å². The molecule has 0 aliphatic heterocycles. The van der Waals surface area contributed by atoms with E-state index in [1.54, 1.807) is 13.1 Å².